The predicted molar refractivity (Wildman–Crippen MR) is 102 cm³/mol. The highest BCUT2D eigenvalue weighted by atomic mass is 32.2. The van der Waals surface area contributed by atoms with E-state index in [1.54, 1.807) is 12.1 Å². The Hall–Kier alpha value is -2.01. The summed E-state index contributed by atoms with van der Waals surface area (Å²) in [6.07, 6.45) is 1.40. The third-order valence-corrected chi connectivity index (χ3v) is 7.16. The van der Waals surface area contributed by atoms with Crippen LogP contribution < -0.4 is 16.0 Å². The Balaban J connectivity index is 1.52. The number of piperidine rings is 1. The number of hydrogen-bond donors (Lipinski definition) is 3. The van der Waals surface area contributed by atoms with E-state index < -0.39 is 10.0 Å². The van der Waals surface area contributed by atoms with Gasteiger partial charge in [0.1, 0.15) is 0 Å². The summed E-state index contributed by atoms with van der Waals surface area (Å²) in [5.74, 6) is -0.500. The average molecular weight is 412 g/mol. The number of quaternary nitrogens is 1. The Morgan fingerprint density at radius 3 is 2.32 bits per heavy atom. The van der Waals surface area contributed by atoms with Gasteiger partial charge in [-0.25, -0.2) is 8.42 Å². The molecular formula is C18H27N4O5S+. The zero-order valence-electron chi connectivity index (χ0n) is 15.7. The molecule has 0 atom stereocenters. The Kier molecular flexibility index (Phi) is 6.65. The molecule has 3 rings (SSSR count). The maximum absolute atomic E-state index is 12.6. The minimum absolute atomic E-state index is 0.0900. The van der Waals surface area contributed by atoms with Gasteiger partial charge in [0.2, 0.25) is 15.9 Å². The lowest BCUT2D eigenvalue weighted by Crippen LogP contribution is -3.14. The molecule has 154 valence electrons. The Morgan fingerprint density at radius 1 is 1.14 bits per heavy atom. The summed E-state index contributed by atoms with van der Waals surface area (Å²) in [5.41, 5.74) is 5.88. The zero-order valence-corrected chi connectivity index (χ0v) is 16.5. The Bertz CT molecular complexity index is 798. The molecule has 2 saturated heterocycles. The Morgan fingerprint density at radius 2 is 1.75 bits per heavy atom. The number of morpholine rings is 1. The second-order valence-corrected chi connectivity index (χ2v) is 9.13. The van der Waals surface area contributed by atoms with E-state index in [1.807, 2.05) is 0 Å². The van der Waals surface area contributed by atoms with Crippen molar-refractivity contribution >= 4 is 27.5 Å². The van der Waals surface area contributed by atoms with Gasteiger partial charge in [0.05, 0.1) is 31.2 Å². The largest absolute Gasteiger partial charge is 0.379 e. The summed E-state index contributed by atoms with van der Waals surface area (Å²) in [7, 11) is -3.54. The van der Waals surface area contributed by atoms with E-state index in [-0.39, 0.29) is 22.6 Å². The fourth-order valence-corrected chi connectivity index (χ4v) is 4.97. The lowest BCUT2D eigenvalue weighted by atomic mass is 9.96. The van der Waals surface area contributed by atoms with E-state index in [0.29, 0.717) is 51.4 Å². The molecular weight excluding hydrogens is 384 g/mol. The first-order valence-electron chi connectivity index (χ1n) is 9.47. The smallest absolute Gasteiger partial charge is 0.279 e. The molecule has 2 fully saturated rings. The highest BCUT2D eigenvalue weighted by molar-refractivity contribution is 7.89. The van der Waals surface area contributed by atoms with Gasteiger partial charge in [0.15, 0.2) is 6.54 Å². The third-order valence-electron chi connectivity index (χ3n) is 5.25. The van der Waals surface area contributed by atoms with Gasteiger partial charge in [-0.15, -0.1) is 0 Å². The first-order valence-corrected chi connectivity index (χ1v) is 10.9. The van der Waals surface area contributed by atoms with Crippen LogP contribution in [-0.2, 0) is 24.3 Å². The molecule has 1 aromatic rings. The average Bonchev–Trinajstić information content (AvgIpc) is 2.69. The SMILES string of the molecule is NC(=O)C1CC[NH+](CC(=O)Nc2ccc(S(=O)(=O)N3CCOCC3)cc2)CC1. The van der Waals surface area contributed by atoms with Crippen LogP contribution in [0.1, 0.15) is 12.8 Å². The number of likely N-dealkylation sites (tertiary alicyclic amines) is 1. The molecule has 10 heteroatoms. The zero-order chi connectivity index (χ0) is 20.1. The Labute approximate surface area is 164 Å². The van der Waals surface area contributed by atoms with E-state index in [4.69, 9.17) is 10.5 Å². The monoisotopic (exact) mass is 411 g/mol. The fourth-order valence-electron chi connectivity index (χ4n) is 3.57. The van der Waals surface area contributed by atoms with Crippen molar-refractivity contribution in [1.29, 1.82) is 0 Å². The topological polar surface area (TPSA) is 123 Å². The molecule has 0 spiro atoms. The van der Waals surface area contributed by atoms with Crippen LogP contribution in [0.4, 0.5) is 5.69 Å². The second kappa shape index (κ2) is 8.99. The van der Waals surface area contributed by atoms with Crippen molar-refractivity contribution in [3.05, 3.63) is 24.3 Å². The number of nitrogens with one attached hydrogen (secondary N) is 2. The molecule has 9 nitrogen and oxygen atoms in total. The van der Waals surface area contributed by atoms with Gasteiger partial charge in [0.25, 0.3) is 5.91 Å². The van der Waals surface area contributed by atoms with E-state index in [9.17, 15) is 18.0 Å². The number of nitrogens with two attached hydrogens (primary N) is 1. The van der Waals surface area contributed by atoms with Crippen LogP contribution in [0.5, 0.6) is 0 Å². The van der Waals surface area contributed by atoms with Gasteiger partial charge in [-0.2, -0.15) is 4.31 Å². The molecule has 0 aliphatic carbocycles. The maximum Gasteiger partial charge on any atom is 0.279 e. The summed E-state index contributed by atoms with van der Waals surface area (Å²) in [6.45, 7) is 3.25. The van der Waals surface area contributed by atoms with E-state index in [0.717, 1.165) is 18.0 Å². The first kappa shape index (κ1) is 20.7. The normalized spacial score (nSPS) is 23.9. The van der Waals surface area contributed by atoms with Crippen molar-refractivity contribution in [1.82, 2.24) is 4.31 Å². The number of ether oxygens (including phenoxy) is 1. The molecule has 0 saturated carbocycles. The molecule has 0 unspecified atom stereocenters. The summed E-state index contributed by atoms with van der Waals surface area (Å²) >= 11 is 0. The lowest BCUT2D eigenvalue weighted by Gasteiger charge is -2.27. The quantitative estimate of drug-likeness (QED) is 0.522. The van der Waals surface area contributed by atoms with Crippen LogP contribution in [-0.4, -0.2) is 70.5 Å². The predicted octanol–water partition coefficient (Wildman–Crippen LogP) is -1.57. The van der Waals surface area contributed by atoms with Crippen LogP contribution in [0, 0.1) is 5.92 Å². The number of amides is 2. The molecule has 2 aliphatic heterocycles. The van der Waals surface area contributed by atoms with Gasteiger partial charge in [-0.05, 0) is 24.3 Å². The first-order chi connectivity index (χ1) is 13.4. The summed E-state index contributed by atoms with van der Waals surface area (Å²) in [6, 6.07) is 6.21. The molecule has 2 heterocycles. The van der Waals surface area contributed by atoms with Crippen LogP contribution in [0.25, 0.3) is 0 Å². The van der Waals surface area contributed by atoms with Crippen LogP contribution in [0.2, 0.25) is 0 Å². The molecule has 0 bridgehead atoms. The molecule has 2 amide bonds. The van der Waals surface area contributed by atoms with Crippen molar-refractivity contribution in [2.24, 2.45) is 11.7 Å². The summed E-state index contributed by atoms with van der Waals surface area (Å²) < 4.78 is 31.8. The molecule has 1 aromatic carbocycles. The highest BCUT2D eigenvalue weighted by Gasteiger charge is 2.28. The van der Waals surface area contributed by atoms with Crippen molar-refractivity contribution in [3.63, 3.8) is 0 Å². The summed E-state index contributed by atoms with van der Waals surface area (Å²) in [5, 5.41) is 2.80. The molecule has 4 N–H and O–H groups in total. The number of benzene rings is 1. The molecule has 28 heavy (non-hydrogen) atoms. The summed E-state index contributed by atoms with van der Waals surface area (Å²) in [4.78, 5) is 24.8. The fraction of sp³-hybridized carbons (Fsp3) is 0.556. The van der Waals surface area contributed by atoms with Gasteiger partial charge >= 0.3 is 0 Å². The molecule has 2 aliphatic rings. The number of anilines is 1. The van der Waals surface area contributed by atoms with Crippen LogP contribution in [0.15, 0.2) is 29.2 Å². The van der Waals surface area contributed by atoms with Gasteiger partial charge in [0, 0.05) is 37.5 Å². The number of carbonyl (C=O) groups is 2. The number of hydrogen-bond acceptors (Lipinski definition) is 5. The van der Waals surface area contributed by atoms with E-state index in [1.165, 1.54) is 16.4 Å². The second-order valence-electron chi connectivity index (χ2n) is 7.19. The van der Waals surface area contributed by atoms with E-state index >= 15 is 0 Å². The number of nitrogens with zero attached hydrogens (tertiary/aromatic N) is 1. The van der Waals surface area contributed by atoms with Gasteiger partial charge < -0.3 is 20.7 Å². The maximum atomic E-state index is 12.6. The van der Waals surface area contributed by atoms with Crippen molar-refractivity contribution in [2.45, 2.75) is 17.7 Å². The highest BCUT2D eigenvalue weighted by Crippen LogP contribution is 2.19. The van der Waals surface area contributed by atoms with Crippen molar-refractivity contribution in [3.8, 4) is 0 Å². The van der Waals surface area contributed by atoms with Crippen molar-refractivity contribution < 1.29 is 27.6 Å². The number of carbonyl (C=O) groups excluding carboxylic acids is 2. The lowest BCUT2D eigenvalue weighted by molar-refractivity contribution is -0.897. The van der Waals surface area contributed by atoms with Gasteiger partial charge in [-0.1, -0.05) is 0 Å². The number of primary amides is 1. The standard InChI is InChI=1S/C18H26N4O5S/c19-18(24)14-5-7-21(8-6-14)13-17(23)20-15-1-3-16(4-2-15)28(25,26)22-9-11-27-12-10-22/h1-4,14H,5-13H2,(H2,19,24)(H,20,23)/p+1. The van der Waals surface area contributed by atoms with Crippen LogP contribution >= 0.6 is 0 Å². The van der Waals surface area contributed by atoms with E-state index in [2.05, 4.69) is 5.32 Å². The minimum Gasteiger partial charge on any atom is -0.379 e. The number of sulfonamides is 1. The molecule has 0 radical (unpaired) electrons. The minimum atomic E-state index is -3.54. The van der Waals surface area contributed by atoms with Crippen molar-refractivity contribution in [2.75, 3.05) is 51.3 Å². The third kappa shape index (κ3) is 5.07. The molecule has 0 aromatic heterocycles. The van der Waals surface area contributed by atoms with Gasteiger partial charge in [-0.3, -0.25) is 9.59 Å². The number of rotatable bonds is 6. The van der Waals surface area contributed by atoms with Crippen LogP contribution in [0.3, 0.4) is 0 Å².